The smallest absolute Gasteiger partial charge is 0.315 e. The number of urea groups is 1. The van der Waals surface area contributed by atoms with Crippen molar-refractivity contribution in [3.63, 3.8) is 0 Å². The van der Waals surface area contributed by atoms with Crippen LogP contribution in [0, 0.1) is 0 Å². The zero-order valence-corrected chi connectivity index (χ0v) is 11.4. The van der Waals surface area contributed by atoms with Crippen molar-refractivity contribution < 1.29 is 9.90 Å². The van der Waals surface area contributed by atoms with E-state index < -0.39 is 0 Å². The average Bonchev–Trinajstić information content (AvgIpc) is 2.72. The van der Waals surface area contributed by atoms with Gasteiger partial charge in [-0.05, 0) is 25.5 Å². The predicted molar refractivity (Wildman–Crippen MR) is 70.6 cm³/mol. The van der Waals surface area contributed by atoms with Crippen LogP contribution in [0.5, 0.6) is 0 Å². The van der Waals surface area contributed by atoms with Crippen LogP contribution in [0.25, 0.3) is 0 Å². The van der Waals surface area contributed by atoms with Gasteiger partial charge in [-0.25, -0.2) is 4.79 Å². The van der Waals surface area contributed by atoms with Crippen molar-refractivity contribution in [1.29, 1.82) is 0 Å². The number of carbonyl (C=O) groups excluding carboxylic acids is 1. The molecule has 6 heteroatoms. The zero-order valence-electron chi connectivity index (χ0n) is 9.87. The lowest BCUT2D eigenvalue weighted by Gasteiger charge is -2.17. The van der Waals surface area contributed by atoms with E-state index in [0.717, 1.165) is 4.88 Å². The third kappa shape index (κ3) is 4.53. The highest BCUT2D eigenvalue weighted by molar-refractivity contribution is 7.16. The van der Waals surface area contributed by atoms with Crippen LogP contribution in [0.4, 0.5) is 4.79 Å². The highest BCUT2D eigenvalue weighted by atomic mass is 35.5. The lowest BCUT2D eigenvalue weighted by atomic mass is 10.2. The molecular formula is C11H17ClN2O2S. The van der Waals surface area contributed by atoms with E-state index in [4.69, 9.17) is 16.7 Å². The number of hydrogen-bond acceptors (Lipinski definition) is 3. The first-order valence-electron chi connectivity index (χ1n) is 5.50. The summed E-state index contributed by atoms with van der Waals surface area (Å²) in [6, 6.07) is 3.13. The molecule has 0 fully saturated rings. The Morgan fingerprint density at radius 3 is 2.71 bits per heavy atom. The lowest BCUT2D eigenvalue weighted by molar-refractivity contribution is 0.212. The molecular weight excluding hydrogens is 260 g/mol. The summed E-state index contributed by atoms with van der Waals surface area (Å²) in [5, 5.41) is 14.5. The molecule has 0 saturated carbocycles. The number of hydrogen-bond donors (Lipinski definition) is 3. The molecule has 96 valence electrons. The minimum absolute atomic E-state index is 0.0524. The Kier molecular flexibility index (Phi) is 5.74. The normalized spacial score (nSPS) is 14.1. The summed E-state index contributed by atoms with van der Waals surface area (Å²) in [7, 11) is 0. The second kappa shape index (κ2) is 6.83. The minimum Gasteiger partial charge on any atom is -0.394 e. The quantitative estimate of drug-likeness (QED) is 0.774. The van der Waals surface area contributed by atoms with Gasteiger partial charge in [0.25, 0.3) is 0 Å². The van der Waals surface area contributed by atoms with Crippen molar-refractivity contribution in [1.82, 2.24) is 10.6 Å². The SMILES string of the molecule is CC[C@@H](CO)NC(=O)N[C@@H](C)c1ccc(Cl)s1. The van der Waals surface area contributed by atoms with E-state index in [1.54, 1.807) is 6.07 Å². The van der Waals surface area contributed by atoms with E-state index in [-0.39, 0.29) is 24.7 Å². The maximum absolute atomic E-state index is 11.6. The number of aliphatic hydroxyl groups excluding tert-OH is 1. The van der Waals surface area contributed by atoms with E-state index in [1.807, 2.05) is 19.9 Å². The van der Waals surface area contributed by atoms with Crippen LogP contribution in [0.3, 0.4) is 0 Å². The minimum atomic E-state index is -0.275. The molecule has 0 bridgehead atoms. The number of rotatable bonds is 5. The van der Waals surface area contributed by atoms with Gasteiger partial charge in [-0.1, -0.05) is 18.5 Å². The van der Waals surface area contributed by atoms with Gasteiger partial charge in [0.15, 0.2) is 0 Å². The third-order valence-corrected chi connectivity index (χ3v) is 3.83. The van der Waals surface area contributed by atoms with Gasteiger partial charge in [0, 0.05) is 4.88 Å². The fourth-order valence-electron chi connectivity index (χ4n) is 1.33. The van der Waals surface area contributed by atoms with Gasteiger partial charge in [0.2, 0.25) is 0 Å². The highest BCUT2D eigenvalue weighted by Gasteiger charge is 2.13. The topological polar surface area (TPSA) is 61.4 Å². The molecule has 3 N–H and O–H groups in total. The second-order valence-corrected chi connectivity index (χ2v) is 5.52. The Hall–Kier alpha value is -0.780. The van der Waals surface area contributed by atoms with Crippen molar-refractivity contribution in [3.05, 3.63) is 21.3 Å². The molecule has 0 aliphatic heterocycles. The molecule has 1 aromatic heterocycles. The van der Waals surface area contributed by atoms with Gasteiger partial charge in [-0.3, -0.25) is 0 Å². The Morgan fingerprint density at radius 1 is 1.53 bits per heavy atom. The van der Waals surface area contributed by atoms with Crippen molar-refractivity contribution >= 4 is 29.0 Å². The van der Waals surface area contributed by atoms with Crippen LogP contribution < -0.4 is 10.6 Å². The summed E-state index contributed by atoms with van der Waals surface area (Å²) in [5.41, 5.74) is 0. The van der Waals surface area contributed by atoms with Crippen LogP contribution in [0.2, 0.25) is 4.34 Å². The van der Waals surface area contributed by atoms with E-state index in [0.29, 0.717) is 10.8 Å². The number of carbonyl (C=O) groups is 1. The molecule has 2 atom stereocenters. The molecule has 1 heterocycles. The first kappa shape index (κ1) is 14.3. The summed E-state index contributed by atoms with van der Waals surface area (Å²) in [6.07, 6.45) is 0.698. The lowest BCUT2D eigenvalue weighted by Crippen LogP contribution is -2.44. The average molecular weight is 277 g/mol. The fraction of sp³-hybridized carbons (Fsp3) is 0.545. The molecule has 0 radical (unpaired) electrons. The highest BCUT2D eigenvalue weighted by Crippen LogP contribution is 2.26. The molecule has 0 aromatic carbocycles. The summed E-state index contributed by atoms with van der Waals surface area (Å²) in [4.78, 5) is 12.6. The van der Waals surface area contributed by atoms with Gasteiger partial charge >= 0.3 is 6.03 Å². The van der Waals surface area contributed by atoms with Gasteiger partial charge in [-0.15, -0.1) is 11.3 Å². The number of thiophene rings is 1. The Labute approximate surface area is 110 Å². The van der Waals surface area contributed by atoms with E-state index in [9.17, 15) is 4.79 Å². The maximum Gasteiger partial charge on any atom is 0.315 e. The maximum atomic E-state index is 11.6. The summed E-state index contributed by atoms with van der Waals surface area (Å²) in [5.74, 6) is 0. The summed E-state index contributed by atoms with van der Waals surface area (Å²) in [6.45, 7) is 3.74. The molecule has 1 rings (SSSR count). The van der Waals surface area contributed by atoms with Crippen molar-refractivity contribution in [3.8, 4) is 0 Å². The third-order valence-electron chi connectivity index (χ3n) is 2.42. The van der Waals surface area contributed by atoms with Gasteiger partial charge in [0.1, 0.15) is 0 Å². The van der Waals surface area contributed by atoms with Gasteiger partial charge in [-0.2, -0.15) is 0 Å². The predicted octanol–water partition coefficient (Wildman–Crippen LogP) is 2.53. The second-order valence-electron chi connectivity index (χ2n) is 3.77. The monoisotopic (exact) mass is 276 g/mol. The van der Waals surface area contributed by atoms with Gasteiger partial charge < -0.3 is 15.7 Å². The fourth-order valence-corrected chi connectivity index (χ4v) is 2.40. The molecule has 2 amide bonds. The molecule has 0 aliphatic carbocycles. The van der Waals surface area contributed by atoms with Crippen LogP contribution in [-0.2, 0) is 0 Å². The van der Waals surface area contributed by atoms with Crippen LogP contribution >= 0.6 is 22.9 Å². The molecule has 17 heavy (non-hydrogen) atoms. The molecule has 0 aliphatic rings. The molecule has 0 unspecified atom stereocenters. The van der Waals surface area contributed by atoms with Crippen LogP contribution in [-0.4, -0.2) is 23.8 Å². The number of aliphatic hydroxyl groups is 1. The standard InChI is InChI=1S/C11H17ClN2O2S/c1-3-8(6-15)14-11(16)13-7(2)9-4-5-10(12)17-9/h4-5,7-8,15H,3,6H2,1-2H3,(H2,13,14,16)/t7-,8-/m0/s1. The molecule has 1 aromatic rings. The summed E-state index contributed by atoms with van der Waals surface area (Å²) >= 11 is 7.27. The molecule has 0 saturated heterocycles. The number of nitrogens with one attached hydrogen (secondary N) is 2. The zero-order chi connectivity index (χ0) is 12.8. The first-order valence-corrected chi connectivity index (χ1v) is 6.69. The van der Waals surface area contributed by atoms with Crippen molar-refractivity contribution in [2.75, 3.05) is 6.61 Å². The summed E-state index contributed by atoms with van der Waals surface area (Å²) < 4.78 is 0.704. The molecule has 0 spiro atoms. The van der Waals surface area contributed by atoms with Crippen molar-refractivity contribution in [2.24, 2.45) is 0 Å². The Balaban J connectivity index is 2.45. The van der Waals surface area contributed by atoms with Crippen LogP contribution in [0.1, 0.15) is 31.2 Å². The van der Waals surface area contributed by atoms with Crippen molar-refractivity contribution in [2.45, 2.75) is 32.4 Å². The van der Waals surface area contributed by atoms with Crippen LogP contribution in [0.15, 0.2) is 12.1 Å². The number of amides is 2. The molecule has 4 nitrogen and oxygen atoms in total. The Morgan fingerprint density at radius 2 is 2.24 bits per heavy atom. The van der Waals surface area contributed by atoms with E-state index >= 15 is 0 Å². The van der Waals surface area contributed by atoms with E-state index in [1.165, 1.54) is 11.3 Å². The van der Waals surface area contributed by atoms with E-state index in [2.05, 4.69) is 10.6 Å². The first-order chi connectivity index (χ1) is 8.06. The largest absolute Gasteiger partial charge is 0.394 e. The Bertz CT molecular complexity index is 366. The number of halogens is 1. The van der Waals surface area contributed by atoms with Gasteiger partial charge in [0.05, 0.1) is 23.0 Å².